The molecule has 3 aliphatic rings. The number of amides is 3. The molecule has 0 aliphatic carbocycles. The highest BCUT2D eigenvalue weighted by molar-refractivity contribution is 6.05. The largest absolute Gasteiger partial charge is 0.328 e. The zero-order valence-electron chi connectivity index (χ0n) is 19.1. The highest BCUT2D eigenvalue weighted by Gasteiger charge is 2.55. The van der Waals surface area contributed by atoms with E-state index < -0.39 is 12.2 Å². The molecular formula is C23H32N6O2. The number of nitrogens with zero attached hydrogens (tertiary/aromatic N) is 6. The molecule has 2 unspecified atom stereocenters. The molecule has 0 N–H and O–H groups in total. The lowest BCUT2D eigenvalue weighted by atomic mass is 10.1. The lowest BCUT2D eigenvalue weighted by molar-refractivity contribution is -0.137. The summed E-state index contributed by atoms with van der Waals surface area (Å²) in [5.41, 5.74) is 3.08. The summed E-state index contributed by atoms with van der Waals surface area (Å²) >= 11 is 0. The van der Waals surface area contributed by atoms with E-state index in [2.05, 4.69) is 30.6 Å². The van der Waals surface area contributed by atoms with Crippen LogP contribution < -0.4 is 0 Å². The van der Waals surface area contributed by atoms with E-state index in [1.54, 1.807) is 11.9 Å². The van der Waals surface area contributed by atoms with Crippen LogP contribution in [-0.2, 0) is 11.3 Å². The maximum Gasteiger partial charge on any atom is 0.328 e. The number of guanidine groups is 1. The molecule has 0 bridgehead atoms. The van der Waals surface area contributed by atoms with E-state index in [0.717, 1.165) is 49.1 Å². The number of imide groups is 1. The Labute approximate surface area is 184 Å². The van der Waals surface area contributed by atoms with Gasteiger partial charge in [-0.2, -0.15) is 0 Å². The number of fused-ring (bicyclic) bond motifs is 3. The van der Waals surface area contributed by atoms with Gasteiger partial charge < -0.3 is 14.7 Å². The molecule has 0 saturated carbocycles. The summed E-state index contributed by atoms with van der Waals surface area (Å²) in [6.07, 6.45) is -0.499. The highest BCUT2D eigenvalue weighted by atomic mass is 16.2. The van der Waals surface area contributed by atoms with Gasteiger partial charge in [-0.3, -0.25) is 14.6 Å². The summed E-state index contributed by atoms with van der Waals surface area (Å²) in [5.74, 6) is 0.597. The first-order chi connectivity index (χ1) is 14.9. The Balaban J connectivity index is 1.60. The van der Waals surface area contributed by atoms with Crippen molar-refractivity contribution in [2.45, 2.75) is 46.4 Å². The van der Waals surface area contributed by atoms with Crippen molar-refractivity contribution >= 4 is 17.9 Å². The highest BCUT2D eigenvalue weighted by Crippen LogP contribution is 2.37. The van der Waals surface area contributed by atoms with E-state index in [1.807, 2.05) is 42.2 Å². The van der Waals surface area contributed by atoms with Gasteiger partial charge in [-0.1, -0.05) is 44.2 Å². The summed E-state index contributed by atoms with van der Waals surface area (Å²) in [5, 5.41) is 0. The maximum atomic E-state index is 13.5. The first-order valence-electron chi connectivity index (χ1n) is 11.1. The standard InChI is InChI=1S/C23H32N6O2/c1-6-26(7-2)13-14-27-16(3)17(4)29-19-20(24-22(27)29)25(5)23(31)28(21(19)30)15-18-11-9-8-10-12-18/h8-12,19-20H,6-7,13-15H2,1-5H3. The fraction of sp³-hybridized carbons (Fsp3) is 0.522. The number of carbonyl (C=O) groups excluding carboxylic acids is 2. The first-order valence-corrected chi connectivity index (χ1v) is 11.1. The van der Waals surface area contributed by atoms with Crippen molar-refractivity contribution in [3.8, 4) is 0 Å². The third-order valence-electron chi connectivity index (χ3n) is 6.72. The minimum Gasteiger partial charge on any atom is -0.313 e. The summed E-state index contributed by atoms with van der Waals surface area (Å²) in [7, 11) is 1.74. The summed E-state index contributed by atoms with van der Waals surface area (Å²) < 4.78 is 0. The molecule has 1 aromatic rings. The predicted molar refractivity (Wildman–Crippen MR) is 120 cm³/mol. The van der Waals surface area contributed by atoms with Crippen molar-refractivity contribution < 1.29 is 9.59 Å². The van der Waals surface area contributed by atoms with E-state index in [0.29, 0.717) is 0 Å². The Morgan fingerprint density at radius 1 is 1.00 bits per heavy atom. The van der Waals surface area contributed by atoms with Gasteiger partial charge >= 0.3 is 6.03 Å². The van der Waals surface area contributed by atoms with Gasteiger partial charge in [0.05, 0.1) is 6.54 Å². The number of carbonyl (C=O) groups is 2. The summed E-state index contributed by atoms with van der Waals surface area (Å²) in [4.78, 5) is 41.0. The molecule has 4 rings (SSSR count). The van der Waals surface area contributed by atoms with Crippen molar-refractivity contribution in [2.75, 3.05) is 33.2 Å². The second-order valence-corrected chi connectivity index (χ2v) is 8.31. The molecule has 8 heteroatoms. The molecule has 8 nitrogen and oxygen atoms in total. The van der Waals surface area contributed by atoms with Crippen LogP contribution in [0.4, 0.5) is 4.79 Å². The average molecular weight is 425 g/mol. The number of hydrogen-bond donors (Lipinski definition) is 0. The number of aliphatic imine (C=N–C) groups is 1. The first kappa shape index (κ1) is 21.4. The smallest absolute Gasteiger partial charge is 0.313 e. The molecule has 166 valence electrons. The van der Waals surface area contributed by atoms with Crippen LogP contribution in [0.2, 0.25) is 0 Å². The molecule has 1 aromatic carbocycles. The lowest BCUT2D eigenvalue weighted by Crippen LogP contribution is -2.64. The van der Waals surface area contributed by atoms with E-state index in [9.17, 15) is 9.59 Å². The second-order valence-electron chi connectivity index (χ2n) is 8.31. The Morgan fingerprint density at radius 2 is 1.68 bits per heavy atom. The molecule has 0 radical (unpaired) electrons. The van der Waals surface area contributed by atoms with Crippen molar-refractivity contribution in [1.29, 1.82) is 0 Å². The molecule has 1 fully saturated rings. The van der Waals surface area contributed by atoms with Crippen LogP contribution in [0.15, 0.2) is 46.7 Å². The lowest BCUT2D eigenvalue weighted by Gasteiger charge is -2.40. The van der Waals surface area contributed by atoms with Crippen molar-refractivity contribution in [3.05, 3.63) is 47.3 Å². The Kier molecular flexibility index (Phi) is 5.75. The molecule has 1 saturated heterocycles. The number of allylic oxidation sites excluding steroid dienone is 2. The molecular weight excluding hydrogens is 392 g/mol. The third-order valence-corrected chi connectivity index (χ3v) is 6.72. The van der Waals surface area contributed by atoms with Crippen LogP contribution in [0, 0.1) is 0 Å². The van der Waals surface area contributed by atoms with Crippen molar-refractivity contribution in [3.63, 3.8) is 0 Å². The van der Waals surface area contributed by atoms with Crippen LogP contribution in [0.1, 0.15) is 33.3 Å². The van der Waals surface area contributed by atoms with E-state index >= 15 is 0 Å². The SMILES string of the molecule is CCN(CC)CCN1C2=NC3C(C(=O)N(Cc4ccccc4)C(=O)N3C)N2C(C)=C1C. The zero-order valence-corrected chi connectivity index (χ0v) is 19.1. The number of benzene rings is 1. The Hall–Kier alpha value is -2.87. The Bertz CT molecular complexity index is 923. The molecule has 3 amide bonds. The molecule has 31 heavy (non-hydrogen) atoms. The van der Waals surface area contributed by atoms with Crippen LogP contribution >= 0.6 is 0 Å². The number of hydrogen-bond acceptors (Lipinski definition) is 6. The average Bonchev–Trinajstić information content (AvgIpc) is 3.28. The van der Waals surface area contributed by atoms with Gasteiger partial charge in [0.15, 0.2) is 12.2 Å². The summed E-state index contributed by atoms with van der Waals surface area (Å²) in [6.45, 7) is 12.4. The van der Waals surface area contributed by atoms with Gasteiger partial charge in [0.2, 0.25) is 5.96 Å². The van der Waals surface area contributed by atoms with Gasteiger partial charge in [-0.25, -0.2) is 9.79 Å². The van der Waals surface area contributed by atoms with Crippen molar-refractivity contribution in [2.24, 2.45) is 4.99 Å². The minimum atomic E-state index is -0.519. The quantitative estimate of drug-likeness (QED) is 0.672. The molecule has 3 aliphatic heterocycles. The summed E-state index contributed by atoms with van der Waals surface area (Å²) in [6, 6.07) is 8.82. The Morgan fingerprint density at radius 3 is 2.32 bits per heavy atom. The third kappa shape index (κ3) is 3.48. The minimum absolute atomic E-state index is 0.187. The van der Waals surface area contributed by atoms with Crippen LogP contribution in [0.3, 0.4) is 0 Å². The topological polar surface area (TPSA) is 62.7 Å². The van der Waals surface area contributed by atoms with Gasteiger partial charge in [0, 0.05) is 31.5 Å². The van der Waals surface area contributed by atoms with E-state index in [4.69, 9.17) is 4.99 Å². The monoisotopic (exact) mass is 424 g/mol. The fourth-order valence-corrected chi connectivity index (χ4v) is 4.64. The predicted octanol–water partition coefficient (Wildman–Crippen LogP) is 2.36. The van der Waals surface area contributed by atoms with Crippen LogP contribution in [0.5, 0.6) is 0 Å². The van der Waals surface area contributed by atoms with E-state index in [1.165, 1.54) is 4.90 Å². The molecule has 3 heterocycles. The van der Waals surface area contributed by atoms with E-state index in [-0.39, 0.29) is 18.5 Å². The van der Waals surface area contributed by atoms with Gasteiger partial charge in [0.25, 0.3) is 5.91 Å². The number of rotatable bonds is 7. The van der Waals surface area contributed by atoms with Crippen LogP contribution in [-0.4, -0.2) is 87.8 Å². The van der Waals surface area contributed by atoms with Gasteiger partial charge in [-0.15, -0.1) is 0 Å². The zero-order chi connectivity index (χ0) is 22.3. The van der Waals surface area contributed by atoms with Gasteiger partial charge in [0.1, 0.15) is 0 Å². The molecule has 2 atom stereocenters. The molecule has 0 spiro atoms. The number of likely N-dealkylation sites (N-methyl/N-ethyl adjacent to an activating group) is 2. The van der Waals surface area contributed by atoms with Gasteiger partial charge in [-0.05, 0) is 32.5 Å². The van der Waals surface area contributed by atoms with Crippen molar-refractivity contribution in [1.82, 2.24) is 24.5 Å². The number of urea groups is 1. The van der Waals surface area contributed by atoms with Crippen LogP contribution in [0.25, 0.3) is 0 Å². The molecule has 0 aromatic heterocycles. The fourth-order valence-electron chi connectivity index (χ4n) is 4.64. The maximum absolute atomic E-state index is 13.5. The second kappa shape index (κ2) is 8.34. The normalized spacial score (nSPS) is 23.2.